The quantitative estimate of drug-likeness (QED) is 0.617. The summed E-state index contributed by atoms with van der Waals surface area (Å²) in [5.41, 5.74) is 0.396. The molecule has 0 aliphatic heterocycles. The molecule has 2 N–H and O–H groups in total. The first-order valence-electron chi connectivity index (χ1n) is 8.22. The number of carbonyl (C=O) groups excluding carboxylic acids is 1. The van der Waals surface area contributed by atoms with Crippen LogP contribution in [0.1, 0.15) is 30.8 Å². The Labute approximate surface area is 167 Å². The zero-order valence-corrected chi connectivity index (χ0v) is 17.1. The average Bonchev–Trinajstić information content (AvgIpc) is 3.03. The number of nitrogens with one attached hydrogen (secondary N) is 2. The lowest BCUT2D eigenvalue weighted by molar-refractivity contribution is 0.101. The Morgan fingerprint density at radius 2 is 2.04 bits per heavy atom. The van der Waals surface area contributed by atoms with Crippen molar-refractivity contribution in [3.63, 3.8) is 0 Å². The van der Waals surface area contributed by atoms with Crippen molar-refractivity contribution in [1.29, 1.82) is 0 Å². The number of hydrogen-bond acceptors (Lipinski definition) is 3. The third-order valence-corrected chi connectivity index (χ3v) is 5.90. The van der Waals surface area contributed by atoms with E-state index >= 15 is 0 Å². The van der Waals surface area contributed by atoms with E-state index in [0.717, 1.165) is 6.07 Å². The van der Waals surface area contributed by atoms with E-state index in [1.807, 2.05) is 6.92 Å². The molecule has 0 saturated carbocycles. The second-order valence-electron chi connectivity index (χ2n) is 5.96. The van der Waals surface area contributed by atoms with Gasteiger partial charge in [-0.15, -0.1) is 11.6 Å². The number of amides is 1. The molecule has 0 aliphatic carbocycles. The molecule has 2 rings (SSSR count). The van der Waals surface area contributed by atoms with E-state index < -0.39 is 21.7 Å². The number of benzene rings is 1. The monoisotopic (exact) mass is 435 g/mol. The van der Waals surface area contributed by atoms with Crippen molar-refractivity contribution >= 4 is 44.8 Å². The van der Waals surface area contributed by atoms with Crippen LogP contribution in [0.4, 0.5) is 10.1 Å². The Morgan fingerprint density at radius 1 is 1.33 bits per heavy atom. The number of aryl methyl sites for hydroxylation is 1. The molecule has 0 unspecified atom stereocenters. The van der Waals surface area contributed by atoms with Gasteiger partial charge in [-0.05, 0) is 37.6 Å². The molecule has 6 nitrogen and oxygen atoms in total. The van der Waals surface area contributed by atoms with Gasteiger partial charge in [-0.3, -0.25) is 4.79 Å². The smallest absolute Gasteiger partial charge is 0.272 e. The molecule has 1 amide bonds. The summed E-state index contributed by atoms with van der Waals surface area (Å²) in [4.78, 5) is 12.6. The second-order valence-corrected chi connectivity index (χ2v) is 8.46. The third kappa shape index (κ3) is 5.44. The number of anilines is 1. The van der Waals surface area contributed by atoms with E-state index in [1.54, 1.807) is 6.92 Å². The minimum Gasteiger partial charge on any atom is -0.341 e. The maximum Gasteiger partial charge on any atom is 0.272 e. The lowest BCUT2D eigenvalue weighted by Crippen LogP contribution is -2.31. The van der Waals surface area contributed by atoms with E-state index in [0.29, 0.717) is 6.42 Å². The van der Waals surface area contributed by atoms with Crippen molar-refractivity contribution in [3.05, 3.63) is 47.0 Å². The van der Waals surface area contributed by atoms with Gasteiger partial charge in [0.15, 0.2) is 0 Å². The van der Waals surface area contributed by atoms with Crippen molar-refractivity contribution < 1.29 is 17.6 Å². The van der Waals surface area contributed by atoms with Gasteiger partial charge in [0, 0.05) is 30.4 Å². The number of carbonyl (C=O) groups is 1. The number of rotatable bonds is 8. The third-order valence-electron chi connectivity index (χ3n) is 3.89. The number of aromatic nitrogens is 1. The molecule has 10 heteroatoms. The van der Waals surface area contributed by atoms with E-state index in [2.05, 4.69) is 10.0 Å². The zero-order chi connectivity index (χ0) is 20.2. The van der Waals surface area contributed by atoms with Crippen LogP contribution in [0.5, 0.6) is 0 Å². The second kappa shape index (κ2) is 9.05. The van der Waals surface area contributed by atoms with E-state index in [9.17, 15) is 17.6 Å². The van der Waals surface area contributed by atoms with Crippen LogP contribution in [0.15, 0.2) is 35.4 Å². The maximum atomic E-state index is 13.3. The molecule has 0 bridgehead atoms. The number of sulfonamides is 1. The van der Waals surface area contributed by atoms with Gasteiger partial charge in [0.1, 0.15) is 16.4 Å². The summed E-state index contributed by atoms with van der Waals surface area (Å²) < 4.78 is 42.2. The minimum atomic E-state index is -3.77. The molecule has 1 aromatic heterocycles. The Kier molecular flexibility index (Phi) is 7.27. The Balaban J connectivity index is 2.33. The van der Waals surface area contributed by atoms with Crippen LogP contribution in [0.25, 0.3) is 0 Å². The van der Waals surface area contributed by atoms with Crippen LogP contribution in [0, 0.1) is 5.82 Å². The fourth-order valence-electron chi connectivity index (χ4n) is 2.28. The first kappa shape index (κ1) is 21.7. The highest BCUT2D eigenvalue weighted by Crippen LogP contribution is 2.21. The molecule has 2 aromatic rings. The molecule has 1 atom stereocenters. The Bertz CT molecular complexity index is 932. The van der Waals surface area contributed by atoms with E-state index in [-0.39, 0.29) is 39.8 Å². The van der Waals surface area contributed by atoms with Crippen LogP contribution in [-0.2, 0) is 16.6 Å². The fourth-order valence-corrected chi connectivity index (χ4v) is 4.01. The summed E-state index contributed by atoms with van der Waals surface area (Å²) in [5, 5.41) is 2.44. The largest absolute Gasteiger partial charge is 0.341 e. The number of nitrogens with zero attached hydrogens (tertiary/aromatic N) is 1. The Hall–Kier alpha value is -1.61. The summed E-state index contributed by atoms with van der Waals surface area (Å²) in [6, 6.07) is 4.78. The van der Waals surface area contributed by atoms with Crippen molar-refractivity contribution in [1.82, 2.24) is 9.29 Å². The molecule has 1 aromatic carbocycles. The lowest BCUT2D eigenvalue weighted by atomic mass is 10.3. The molecule has 27 heavy (non-hydrogen) atoms. The molecule has 0 aliphatic rings. The zero-order valence-electron chi connectivity index (χ0n) is 14.8. The van der Waals surface area contributed by atoms with Crippen LogP contribution >= 0.6 is 23.2 Å². The van der Waals surface area contributed by atoms with E-state index in [4.69, 9.17) is 23.2 Å². The van der Waals surface area contributed by atoms with Gasteiger partial charge in [-0.2, -0.15) is 0 Å². The van der Waals surface area contributed by atoms with Crippen molar-refractivity contribution in [2.24, 2.45) is 0 Å². The fraction of sp³-hybridized carbons (Fsp3) is 0.353. The van der Waals surface area contributed by atoms with Crippen molar-refractivity contribution in [2.45, 2.75) is 37.8 Å². The van der Waals surface area contributed by atoms with Crippen molar-refractivity contribution in [3.8, 4) is 0 Å². The lowest BCUT2D eigenvalue weighted by Gasteiger charge is -2.10. The highest BCUT2D eigenvalue weighted by molar-refractivity contribution is 7.89. The highest BCUT2D eigenvalue weighted by Gasteiger charge is 2.23. The van der Waals surface area contributed by atoms with Crippen molar-refractivity contribution in [2.75, 3.05) is 11.2 Å². The van der Waals surface area contributed by atoms with Crippen LogP contribution < -0.4 is 10.0 Å². The summed E-state index contributed by atoms with van der Waals surface area (Å²) >= 11 is 11.5. The summed E-state index contributed by atoms with van der Waals surface area (Å²) in [7, 11) is -3.77. The molecular formula is C17H20Cl2FN3O3S. The molecule has 0 spiro atoms. The topological polar surface area (TPSA) is 80.2 Å². The van der Waals surface area contributed by atoms with Crippen LogP contribution in [0.3, 0.4) is 0 Å². The predicted octanol–water partition coefficient (Wildman–Crippen LogP) is 3.85. The normalized spacial score (nSPS) is 12.8. The number of alkyl halides is 1. The number of hydrogen-bond donors (Lipinski definition) is 2. The van der Waals surface area contributed by atoms with Gasteiger partial charge < -0.3 is 9.88 Å². The maximum absolute atomic E-state index is 13.3. The molecule has 0 fully saturated rings. The Morgan fingerprint density at radius 3 is 2.63 bits per heavy atom. The highest BCUT2D eigenvalue weighted by atomic mass is 35.5. The van der Waals surface area contributed by atoms with Gasteiger partial charge in [0.2, 0.25) is 10.0 Å². The molecule has 0 saturated heterocycles. The summed E-state index contributed by atoms with van der Waals surface area (Å²) in [6.07, 6.45) is 1.99. The van der Waals surface area contributed by atoms with Gasteiger partial charge in [-0.25, -0.2) is 17.5 Å². The molecule has 0 radical (unpaired) electrons. The van der Waals surface area contributed by atoms with Crippen LogP contribution in [-0.4, -0.2) is 30.8 Å². The average molecular weight is 436 g/mol. The first-order chi connectivity index (χ1) is 12.7. The summed E-state index contributed by atoms with van der Waals surface area (Å²) in [5.74, 6) is -0.979. The minimum absolute atomic E-state index is 0.0322. The molecule has 148 valence electrons. The molecular weight excluding hydrogens is 416 g/mol. The van der Waals surface area contributed by atoms with Crippen LogP contribution in [0.2, 0.25) is 5.02 Å². The van der Waals surface area contributed by atoms with Gasteiger partial charge in [0.25, 0.3) is 5.91 Å². The summed E-state index contributed by atoms with van der Waals surface area (Å²) in [6.45, 7) is 3.85. The van der Waals surface area contributed by atoms with Gasteiger partial charge in [0.05, 0.1) is 5.02 Å². The van der Waals surface area contributed by atoms with Gasteiger partial charge in [-0.1, -0.05) is 18.5 Å². The standard InChI is InChI=1S/C17H20Cl2FN3O3S/c1-3-11(2)22-27(25,26)13-9-16(23(10-13)7-6-18)17(24)21-12-4-5-15(20)14(19)8-12/h4-5,8-11,22H,3,6-7H2,1-2H3,(H,21,24)/t11-/m1/s1. The first-order valence-corrected chi connectivity index (χ1v) is 10.6. The SMILES string of the molecule is CC[C@@H](C)NS(=O)(=O)c1cc(C(=O)Nc2ccc(F)c(Cl)c2)n(CCCl)c1. The van der Waals surface area contributed by atoms with Gasteiger partial charge >= 0.3 is 0 Å². The molecule has 1 heterocycles. The van der Waals surface area contributed by atoms with E-state index in [1.165, 1.54) is 29.0 Å². The number of halogens is 3. The predicted molar refractivity (Wildman–Crippen MR) is 105 cm³/mol.